The van der Waals surface area contributed by atoms with E-state index in [-0.39, 0.29) is 0 Å². The fraction of sp³-hybridized carbons (Fsp3) is 0.500. The first-order valence-corrected chi connectivity index (χ1v) is 5.59. The number of nitrogens with zero attached hydrogens (tertiary/aromatic N) is 1. The molecule has 0 radical (unpaired) electrons. The Labute approximate surface area is 91.8 Å². The highest BCUT2D eigenvalue weighted by molar-refractivity contribution is 14.1. The topological polar surface area (TPSA) is 22.1 Å². The predicted octanol–water partition coefficient (Wildman–Crippen LogP) is 2.78. The molecule has 3 heteroatoms. The molecule has 2 rings (SSSR count). The van der Waals surface area contributed by atoms with E-state index in [1.165, 1.54) is 12.8 Å². The maximum absolute atomic E-state index is 5.65. The Kier molecular flexibility index (Phi) is 2.71. The lowest BCUT2D eigenvalue weighted by molar-refractivity contribution is 0.296. The first-order chi connectivity index (χ1) is 6.25. The first kappa shape index (κ1) is 9.24. The zero-order valence-electron chi connectivity index (χ0n) is 7.59. The summed E-state index contributed by atoms with van der Waals surface area (Å²) in [7, 11) is 0. The second-order valence-electron chi connectivity index (χ2n) is 3.50. The summed E-state index contributed by atoms with van der Waals surface area (Å²) >= 11 is 2.22. The average Bonchev–Trinajstić information content (AvgIpc) is 2.86. The molecule has 1 heterocycles. The third-order valence-electron chi connectivity index (χ3n) is 2.13. The van der Waals surface area contributed by atoms with Gasteiger partial charge in [0.15, 0.2) is 5.75 Å². The van der Waals surface area contributed by atoms with Crippen LogP contribution in [0.5, 0.6) is 5.75 Å². The maximum Gasteiger partial charge on any atom is 0.151 e. The van der Waals surface area contributed by atoms with Gasteiger partial charge in [-0.1, -0.05) is 0 Å². The Morgan fingerprint density at radius 3 is 2.92 bits per heavy atom. The molecule has 70 valence electrons. The lowest BCUT2D eigenvalue weighted by Crippen LogP contribution is -2.01. The van der Waals surface area contributed by atoms with Gasteiger partial charge in [-0.25, -0.2) is 4.98 Å². The van der Waals surface area contributed by atoms with E-state index < -0.39 is 0 Å². The van der Waals surface area contributed by atoms with Gasteiger partial charge < -0.3 is 4.74 Å². The van der Waals surface area contributed by atoms with E-state index in [1.807, 2.05) is 19.1 Å². The molecule has 0 aliphatic heterocycles. The van der Waals surface area contributed by atoms with Crippen molar-refractivity contribution in [3.05, 3.63) is 21.5 Å². The molecule has 1 aliphatic rings. The quantitative estimate of drug-likeness (QED) is 0.630. The van der Waals surface area contributed by atoms with E-state index in [0.29, 0.717) is 0 Å². The minimum Gasteiger partial charge on any atom is -0.491 e. The van der Waals surface area contributed by atoms with Gasteiger partial charge in [0.25, 0.3) is 0 Å². The highest BCUT2D eigenvalue weighted by Crippen LogP contribution is 2.30. The van der Waals surface area contributed by atoms with Crippen LogP contribution in [0.15, 0.2) is 12.1 Å². The van der Waals surface area contributed by atoms with Crippen LogP contribution in [-0.4, -0.2) is 11.6 Å². The normalized spacial score (nSPS) is 15.8. The first-order valence-electron chi connectivity index (χ1n) is 4.51. The van der Waals surface area contributed by atoms with E-state index in [1.54, 1.807) is 0 Å². The Balaban J connectivity index is 2.01. The van der Waals surface area contributed by atoms with Crippen molar-refractivity contribution in [3.63, 3.8) is 0 Å². The molecule has 1 saturated carbocycles. The third kappa shape index (κ3) is 2.56. The number of aromatic nitrogens is 1. The molecular weight excluding hydrogens is 277 g/mol. The summed E-state index contributed by atoms with van der Waals surface area (Å²) in [6.45, 7) is 2.85. The van der Waals surface area contributed by atoms with E-state index >= 15 is 0 Å². The molecule has 1 aliphatic carbocycles. The van der Waals surface area contributed by atoms with Crippen LogP contribution in [0, 0.1) is 16.5 Å². The summed E-state index contributed by atoms with van der Waals surface area (Å²) < 4.78 is 6.62. The Morgan fingerprint density at radius 1 is 1.54 bits per heavy atom. The minimum atomic E-state index is 0.803. The molecule has 0 N–H and O–H groups in total. The van der Waals surface area contributed by atoms with Crippen LogP contribution in [0.25, 0.3) is 0 Å². The molecule has 0 unspecified atom stereocenters. The van der Waals surface area contributed by atoms with E-state index in [4.69, 9.17) is 4.74 Å². The van der Waals surface area contributed by atoms with Crippen molar-refractivity contribution >= 4 is 22.6 Å². The number of ether oxygens (including phenoxy) is 1. The fourth-order valence-corrected chi connectivity index (χ4v) is 1.83. The van der Waals surface area contributed by atoms with Gasteiger partial charge in [0, 0.05) is 5.69 Å². The van der Waals surface area contributed by atoms with Crippen LogP contribution in [-0.2, 0) is 0 Å². The fourth-order valence-electron chi connectivity index (χ4n) is 1.11. The summed E-state index contributed by atoms with van der Waals surface area (Å²) in [6, 6.07) is 4.00. The average molecular weight is 289 g/mol. The molecule has 0 atom stereocenters. The van der Waals surface area contributed by atoms with Gasteiger partial charge in [0.2, 0.25) is 0 Å². The zero-order valence-corrected chi connectivity index (χ0v) is 9.74. The van der Waals surface area contributed by atoms with Crippen LogP contribution in [0.1, 0.15) is 18.5 Å². The smallest absolute Gasteiger partial charge is 0.151 e. The molecule has 0 amide bonds. The number of hydrogen-bond donors (Lipinski definition) is 0. The van der Waals surface area contributed by atoms with Gasteiger partial charge in [0.1, 0.15) is 3.70 Å². The maximum atomic E-state index is 5.65. The van der Waals surface area contributed by atoms with Crippen molar-refractivity contribution in [1.82, 2.24) is 4.98 Å². The molecule has 1 fully saturated rings. The summed E-state index contributed by atoms with van der Waals surface area (Å²) in [5.74, 6) is 1.73. The van der Waals surface area contributed by atoms with Crippen LogP contribution in [0.3, 0.4) is 0 Å². The standard InChI is InChI=1S/C10H12INO/c1-7-2-5-9(10(11)12-7)13-6-8-3-4-8/h2,5,8H,3-4,6H2,1H3. The molecule has 1 aromatic heterocycles. The lowest BCUT2D eigenvalue weighted by atomic mass is 10.4. The third-order valence-corrected chi connectivity index (χ3v) is 2.90. The van der Waals surface area contributed by atoms with Gasteiger partial charge in [-0.05, 0) is 60.4 Å². The molecule has 0 aromatic carbocycles. The molecule has 13 heavy (non-hydrogen) atoms. The largest absolute Gasteiger partial charge is 0.491 e. The van der Waals surface area contributed by atoms with Gasteiger partial charge in [-0.2, -0.15) is 0 Å². The van der Waals surface area contributed by atoms with Crippen LogP contribution in [0.2, 0.25) is 0 Å². The van der Waals surface area contributed by atoms with E-state index in [2.05, 4.69) is 27.6 Å². The van der Waals surface area contributed by atoms with Gasteiger partial charge in [-0.3, -0.25) is 0 Å². The Bertz CT molecular complexity index is 310. The number of rotatable bonds is 3. The number of hydrogen-bond acceptors (Lipinski definition) is 2. The van der Waals surface area contributed by atoms with Crippen molar-refractivity contribution in [2.45, 2.75) is 19.8 Å². The molecule has 2 nitrogen and oxygen atoms in total. The summed E-state index contributed by atoms with van der Waals surface area (Å²) in [5, 5.41) is 0. The van der Waals surface area contributed by atoms with E-state index in [0.717, 1.165) is 27.7 Å². The highest BCUT2D eigenvalue weighted by Gasteiger charge is 2.22. The van der Waals surface area contributed by atoms with E-state index in [9.17, 15) is 0 Å². The highest BCUT2D eigenvalue weighted by atomic mass is 127. The van der Waals surface area contributed by atoms with Gasteiger partial charge in [-0.15, -0.1) is 0 Å². The monoisotopic (exact) mass is 289 g/mol. The molecular formula is C10H12INO. The van der Waals surface area contributed by atoms with Gasteiger partial charge >= 0.3 is 0 Å². The number of pyridine rings is 1. The molecule has 0 saturated heterocycles. The Hall–Kier alpha value is -0.320. The lowest BCUT2D eigenvalue weighted by Gasteiger charge is -2.06. The zero-order chi connectivity index (χ0) is 9.26. The number of halogens is 1. The molecule has 0 spiro atoms. The molecule has 1 aromatic rings. The van der Waals surface area contributed by atoms with Crippen molar-refractivity contribution < 1.29 is 4.74 Å². The summed E-state index contributed by atoms with van der Waals surface area (Å²) in [4.78, 5) is 4.33. The van der Waals surface area contributed by atoms with Crippen molar-refractivity contribution in [2.24, 2.45) is 5.92 Å². The van der Waals surface area contributed by atoms with Crippen LogP contribution < -0.4 is 4.74 Å². The predicted molar refractivity (Wildman–Crippen MR) is 59.9 cm³/mol. The molecule has 0 bridgehead atoms. The Morgan fingerprint density at radius 2 is 2.31 bits per heavy atom. The van der Waals surface area contributed by atoms with Crippen LogP contribution >= 0.6 is 22.6 Å². The SMILES string of the molecule is Cc1ccc(OCC2CC2)c(I)n1. The minimum absolute atomic E-state index is 0.803. The second kappa shape index (κ2) is 3.82. The summed E-state index contributed by atoms with van der Waals surface area (Å²) in [6.07, 6.45) is 2.66. The van der Waals surface area contributed by atoms with Crippen molar-refractivity contribution in [1.29, 1.82) is 0 Å². The van der Waals surface area contributed by atoms with Crippen LogP contribution in [0.4, 0.5) is 0 Å². The van der Waals surface area contributed by atoms with Crippen molar-refractivity contribution in [3.8, 4) is 5.75 Å². The van der Waals surface area contributed by atoms with Gasteiger partial charge in [0.05, 0.1) is 6.61 Å². The van der Waals surface area contributed by atoms with Crippen molar-refractivity contribution in [2.75, 3.05) is 6.61 Å². The number of aryl methyl sites for hydroxylation is 1. The second-order valence-corrected chi connectivity index (χ2v) is 4.52. The summed E-state index contributed by atoms with van der Waals surface area (Å²) in [5.41, 5.74) is 1.04.